The number of carbonyl (C=O) groups excluding carboxylic acids is 1. The SMILES string of the molecule is COc1ccc(NC(=O)c2n[nH]c3ccc(-c4cncc(CN5CCCCC5)c4)cc23)cc1. The van der Waals surface area contributed by atoms with E-state index in [2.05, 4.69) is 31.5 Å². The molecule has 0 saturated carbocycles. The molecule has 2 aromatic heterocycles. The number of benzene rings is 2. The highest BCUT2D eigenvalue weighted by atomic mass is 16.5. The number of aromatic amines is 1. The highest BCUT2D eigenvalue weighted by molar-refractivity contribution is 6.11. The van der Waals surface area contributed by atoms with E-state index in [0.717, 1.165) is 47.4 Å². The Morgan fingerprint density at radius 3 is 2.64 bits per heavy atom. The summed E-state index contributed by atoms with van der Waals surface area (Å²) < 4.78 is 5.17. The molecule has 2 aromatic carbocycles. The number of amides is 1. The minimum atomic E-state index is -0.263. The summed E-state index contributed by atoms with van der Waals surface area (Å²) in [5, 5.41) is 10.9. The second-order valence-electron chi connectivity index (χ2n) is 8.43. The molecule has 1 saturated heterocycles. The van der Waals surface area contributed by atoms with Crippen LogP contribution < -0.4 is 10.1 Å². The van der Waals surface area contributed by atoms with Gasteiger partial charge in [0.05, 0.1) is 12.6 Å². The van der Waals surface area contributed by atoms with Crippen molar-refractivity contribution >= 4 is 22.5 Å². The van der Waals surface area contributed by atoms with Crippen molar-refractivity contribution in [2.45, 2.75) is 25.8 Å². The predicted octanol–water partition coefficient (Wildman–Crippen LogP) is 4.87. The van der Waals surface area contributed by atoms with Gasteiger partial charge in [0.25, 0.3) is 5.91 Å². The first-order valence-electron chi connectivity index (χ1n) is 11.3. The molecule has 0 atom stereocenters. The van der Waals surface area contributed by atoms with Gasteiger partial charge in [-0.05, 0) is 79.5 Å². The van der Waals surface area contributed by atoms with Crippen LogP contribution in [0.15, 0.2) is 60.9 Å². The van der Waals surface area contributed by atoms with Crippen molar-refractivity contribution in [3.05, 3.63) is 72.2 Å². The fourth-order valence-corrected chi connectivity index (χ4v) is 4.34. The topological polar surface area (TPSA) is 83.1 Å². The van der Waals surface area contributed by atoms with Crippen LogP contribution in [-0.2, 0) is 6.54 Å². The molecule has 1 aliphatic rings. The maximum absolute atomic E-state index is 12.9. The number of ether oxygens (including phenoxy) is 1. The van der Waals surface area contributed by atoms with Crippen molar-refractivity contribution in [1.82, 2.24) is 20.1 Å². The van der Waals surface area contributed by atoms with Crippen LogP contribution in [0.1, 0.15) is 35.3 Å². The monoisotopic (exact) mass is 441 g/mol. The molecule has 5 rings (SSSR count). The van der Waals surface area contributed by atoms with Crippen LogP contribution in [0.25, 0.3) is 22.0 Å². The fraction of sp³-hybridized carbons (Fsp3) is 0.269. The van der Waals surface area contributed by atoms with Gasteiger partial charge < -0.3 is 10.1 Å². The first-order valence-corrected chi connectivity index (χ1v) is 11.3. The van der Waals surface area contributed by atoms with Crippen LogP contribution in [-0.4, -0.2) is 46.2 Å². The average Bonchev–Trinajstić information content (AvgIpc) is 3.29. The highest BCUT2D eigenvalue weighted by Gasteiger charge is 2.16. The first kappa shape index (κ1) is 21.2. The van der Waals surface area contributed by atoms with Crippen LogP contribution in [0.5, 0.6) is 5.75 Å². The lowest BCUT2D eigenvalue weighted by Gasteiger charge is -2.26. The van der Waals surface area contributed by atoms with Gasteiger partial charge in [0, 0.05) is 35.6 Å². The largest absolute Gasteiger partial charge is 0.497 e. The number of aromatic nitrogens is 3. The molecule has 7 nitrogen and oxygen atoms in total. The maximum Gasteiger partial charge on any atom is 0.276 e. The van der Waals surface area contributed by atoms with E-state index in [1.54, 1.807) is 31.4 Å². The number of fused-ring (bicyclic) bond motifs is 1. The van der Waals surface area contributed by atoms with Crippen molar-refractivity contribution < 1.29 is 9.53 Å². The number of pyridine rings is 1. The smallest absolute Gasteiger partial charge is 0.276 e. The highest BCUT2D eigenvalue weighted by Crippen LogP contribution is 2.27. The zero-order valence-corrected chi connectivity index (χ0v) is 18.7. The molecular formula is C26H27N5O2. The Hall–Kier alpha value is -3.71. The van der Waals surface area contributed by atoms with Gasteiger partial charge in [-0.2, -0.15) is 5.10 Å². The summed E-state index contributed by atoms with van der Waals surface area (Å²) in [6.45, 7) is 3.22. The first-order chi connectivity index (χ1) is 16.2. The molecule has 168 valence electrons. The minimum absolute atomic E-state index is 0.263. The van der Waals surface area contributed by atoms with E-state index in [-0.39, 0.29) is 5.91 Å². The number of nitrogens with one attached hydrogen (secondary N) is 2. The molecule has 0 aliphatic carbocycles. The van der Waals surface area contributed by atoms with Gasteiger partial charge in [-0.15, -0.1) is 0 Å². The molecule has 1 amide bonds. The molecule has 33 heavy (non-hydrogen) atoms. The quantitative estimate of drug-likeness (QED) is 0.446. The van der Waals surface area contributed by atoms with E-state index in [1.165, 1.54) is 24.8 Å². The summed E-state index contributed by atoms with van der Waals surface area (Å²) in [5.41, 5.74) is 5.11. The number of hydrogen-bond donors (Lipinski definition) is 2. The molecule has 4 aromatic rings. The van der Waals surface area contributed by atoms with Gasteiger partial charge in [0.1, 0.15) is 5.75 Å². The predicted molar refractivity (Wildman–Crippen MR) is 129 cm³/mol. The van der Waals surface area contributed by atoms with E-state index in [4.69, 9.17) is 4.74 Å². The zero-order chi connectivity index (χ0) is 22.6. The third-order valence-corrected chi connectivity index (χ3v) is 6.11. The number of piperidine rings is 1. The van der Waals surface area contributed by atoms with Crippen molar-refractivity contribution in [2.24, 2.45) is 0 Å². The van der Waals surface area contributed by atoms with Gasteiger partial charge in [-0.1, -0.05) is 12.5 Å². The number of carbonyl (C=O) groups is 1. The molecular weight excluding hydrogens is 414 g/mol. The summed E-state index contributed by atoms with van der Waals surface area (Å²) in [4.78, 5) is 19.9. The van der Waals surface area contributed by atoms with Crippen molar-refractivity contribution in [3.63, 3.8) is 0 Å². The number of H-pyrrole nitrogens is 1. The standard InChI is InChI=1S/C26H27N5O2/c1-33-22-8-6-21(7-9-22)28-26(32)25-23-14-19(5-10-24(23)29-30-25)20-13-18(15-27-16-20)17-31-11-3-2-4-12-31/h5-10,13-16H,2-4,11-12,17H2,1H3,(H,28,32)(H,29,30). The molecule has 1 fully saturated rings. The molecule has 0 spiro atoms. The third-order valence-electron chi connectivity index (χ3n) is 6.11. The van der Waals surface area contributed by atoms with Gasteiger partial charge in [-0.3, -0.25) is 19.8 Å². The molecule has 1 aliphatic heterocycles. The Kier molecular flexibility index (Phi) is 6.04. The van der Waals surface area contributed by atoms with Crippen LogP contribution in [0.2, 0.25) is 0 Å². The lowest BCUT2D eigenvalue weighted by molar-refractivity contribution is 0.102. The zero-order valence-electron chi connectivity index (χ0n) is 18.7. The van der Waals surface area contributed by atoms with Gasteiger partial charge in [-0.25, -0.2) is 0 Å². The molecule has 3 heterocycles. The Bertz CT molecular complexity index is 1260. The van der Waals surface area contributed by atoms with Gasteiger partial charge in [0.15, 0.2) is 5.69 Å². The van der Waals surface area contributed by atoms with Crippen LogP contribution >= 0.6 is 0 Å². The van der Waals surface area contributed by atoms with Gasteiger partial charge >= 0.3 is 0 Å². The van der Waals surface area contributed by atoms with Gasteiger partial charge in [0.2, 0.25) is 0 Å². The number of rotatable bonds is 6. The summed E-state index contributed by atoms with van der Waals surface area (Å²) in [6.07, 6.45) is 7.69. The van der Waals surface area contributed by atoms with Crippen LogP contribution in [0.3, 0.4) is 0 Å². The van der Waals surface area contributed by atoms with Crippen molar-refractivity contribution in [1.29, 1.82) is 0 Å². The molecule has 7 heteroatoms. The number of hydrogen-bond acceptors (Lipinski definition) is 5. The number of methoxy groups -OCH3 is 1. The second-order valence-corrected chi connectivity index (χ2v) is 8.43. The number of nitrogens with zero attached hydrogens (tertiary/aromatic N) is 3. The second kappa shape index (κ2) is 9.42. The maximum atomic E-state index is 12.9. The van der Waals surface area contributed by atoms with E-state index >= 15 is 0 Å². The normalized spacial score (nSPS) is 14.3. The van der Waals surface area contributed by atoms with E-state index in [0.29, 0.717) is 11.4 Å². The Morgan fingerprint density at radius 1 is 1.03 bits per heavy atom. The van der Waals surface area contributed by atoms with Crippen molar-refractivity contribution in [2.75, 3.05) is 25.5 Å². The average molecular weight is 442 g/mol. The summed E-state index contributed by atoms with van der Waals surface area (Å²) in [5.74, 6) is 0.472. The molecule has 0 bridgehead atoms. The number of anilines is 1. The van der Waals surface area contributed by atoms with E-state index < -0.39 is 0 Å². The Balaban J connectivity index is 1.38. The van der Waals surface area contributed by atoms with E-state index in [9.17, 15) is 4.79 Å². The lowest BCUT2D eigenvalue weighted by atomic mass is 10.0. The fourth-order valence-electron chi connectivity index (χ4n) is 4.34. The Labute approximate surface area is 192 Å². The molecule has 0 radical (unpaired) electrons. The summed E-state index contributed by atoms with van der Waals surface area (Å²) in [6, 6.07) is 15.4. The third kappa shape index (κ3) is 4.73. The molecule has 2 N–H and O–H groups in total. The van der Waals surface area contributed by atoms with Crippen molar-refractivity contribution in [3.8, 4) is 16.9 Å². The lowest BCUT2D eigenvalue weighted by Crippen LogP contribution is -2.29. The number of likely N-dealkylation sites (tertiary alicyclic amines) is 1. The summed E-state index contributed by atoms with van der Waals surface area (Å²) >= 11 is 0. The minimum Gasteiger partial charge on any atom is -0.497 e. The van der Waals surface area contributed by atoms with E-state index in [1.807, 2.05) is 30.6 Å². The van der Waals surface area contributed by atoms with Crippen LogP contribution in [0.4, 0.5) is 5.69 Å². The Morgan fingerprint density at radius 2 is 1.85 bits per heavy atom. The van der Waals surface area contributed by atoms with Crippen LogP contribution in [0, 0.1) is 0 Å². The molecule has 0 unspecified atom stereocenters. The summed E-state index contributed by atoms with van der Waals surface area (Å²) in [7, 11) is 1.61.